The van der Waals surface area contributed by atoms with Gasteiger partial charge in [0.25, 0.3) is 5.91 Å². The van der Waals surface area contributed by atoms with Crippen LogP contribution in [0, 0.1) is 6.92 Å². The molecule has 0 unspecified atom stereocenters. The Balaban J connectivity index is 2.11. The van der Waals surface area contributed by atoms with Crippen molar-refractivity contribution in [3.63, 3.8) is 0 Å². The Bertz CT molecular complexity index is 658. The molecule has 0 N–H and O–H groups in total. The molecule has 6 nitrogen and oxygen atoms in total. The summed E-state index contributed by atoms with van der Waals surface area (Å²) in [6.45, 7) is 3.68. The van der Waals surface area contributed by atoms with Crippen LogP contribution in [-0.2, 0) is 10.0 Å². The number of carbonyl (C=O) groups is 1. The van der Waals surface area contributed by atoms with E-state index in [-0.39, 0.29) is 5.91 Å². The van der Waals surface area contributed by atoms with Gasteiger partial charge in [0.05, 0.1) is 13.4 Å². The molecule has 0 saturated carbocycles. The molecule has 22 heavy (non-hydrogen) atoms. The van der Waals surface area contributed by atoms with E-state index in [2.05, 4.69) is 0 Å². The van der Waals surface area contributed by atoms with Gasteiger partial charge in [0, 0.05) is 31.7 Å². The monoisotopic (exact) mass is 326 g/mol. The van der Waals surface area contributed by atoms with Crippen LogP contribution >= 0.6 is 0 Å². The van der Waals surface area contributed by atoms with Crippen LogP contribution in [0.15, 0.2) is 18.2 Å². The second-order valence-electron chi connectivity index (χ2n) is 5.49. The fourth-order valence-corrected chi connectivity index (χ4v) is 3.50. The Hall–Kier alpha value is -1.60. The minimum absolute atomic E-state index is 0.0684. The summed E-state index contributed by atoms with van der Waals surface area (Å²) in [7, 11) is -1.60. The fraction of sp³-hybridized carbons (Fsp3) is 0.533. The van der Waals surface area contributed by atoms with E-state index in [1.54, 1.807) is 30.2 Å². The van der Waals surface area contributed by atoms with Crippen molar-refractivity contribution >= 4 is 15.9 Å². The molecule has 1 amide bonds. The quantitative estimate of drug-likeness (QED) is 0.834. The number of carbonyl (C=O) groups excluding carboxylic acids is 1. The highest BCUT2D eigenvalue weighted by atomic mass is 32.2. The summed E-state index contributed by atoms with van der Waals surface area (Å²) >= 11 is 0. The molecule has 0 spiro atoms. The molecule has 7 heteroatoms. The molecule has 0 radical (unpaired) electrons. The number of nitrogens with zero attached hydrogens (tertiary/aromatic N) is 2. The highest BCUT2D eigenvalue weighted by Gasteiger charge is 2.24. The summed E-state index contributed by atoms with van der Waals surface area (Å²) in [6.07, 6.45) is 1.85. The highest BCUT2D eigenvalue weighted by molar-refractivity contribution is 7.88. The van der Waals surface area contributed by atoms with E-state index in [1.807, 2.05) is 6.92 Å². The summed E-state index contributed by atoms with van der Waals surface area (Å²) in [4.78, 5) is 14.3. The molecule has 1 saturated heterocycles. The Morgan fingerprint density at radius 1 is 1.18 bits per heavy atom. The lowest BCUT2D eigenvalue weighted by atomic mass is 10.1. The fourth-order valence-electron chi connectivity index (χ4n) is 2.62. The van der Waals surface area contributed by atoms with Crippen molar-refractivity contribution in [1.82, 2.24) is 9.21 Å². The van der Waals surface area contributed by atoms with Gasteiger partial charge in [0.2, 0.25) is 10.0 Å². The molecule has 2 rings (SSSR count). The van der Waals surface area contributed by atoms with Crippen LogP contribution in [0.1, 0.15) is 22.3 Å². The number of rotatable bonds is 3. The van der Waals surface area contributed by atoms with Crippen molar-refractivity contribution in [2.75, 3.05) is 39.5 Å². The molecule has 1 aliphatic rings. The van der Waals surface area contributed by atoms with Gasteiger partial charge < -0.3 is 9.64 Å². The number of methoxy groups -OCH3 is 1. The zero-order valence-electron chi connectivity index (χ0n) is 13.2. The molecule has 0 bridgehead atoms. The average Bonchev–Trinajstić information content (AvgIpc) is 2.72. The maximum atomic E-state index is 12.6. The third-order valence-electron chi connectivity index (χ3n) is 3.85. The topological polar surface area (TPSA) is 66.9 Å². The van der Waals surface area contributed by atoms with Gasteiger partial charge in [-0.15, -0.1) is 0 Å². The largest absolute Gasteiger partial charge is 0.496 e. The molecule has 1 aliphatic heterocycles. The maximum Gasteiger partial charge on any atom is 0.253 e. The second-order valence-corrected chi connectivity index (χ2v) is 7.47. The van der Waals surface area contributed by atoms with Crippen molar-refractivity contribution in [3.05, 3.63) is 29.3 Å². The number of sulfonamides is 1. The smallest absolute Gasteiger partial charge is 0.253 e. The van der Waals surface area contributed by atoms with Crippen LogP contribution in [0.2, 0.25) is 0 Å². The predicted octanol–water partition coefficient (Wildman–Crippen LogP) is 1.11. The molecule has 0 atom stereocenters. The van der Waals surface area contributed by atoms with Crippen LogP contribution < -0.4 is 4.74 Å². The lowest BCUT2D eigenvalue weighted by Gasteiger charge is -2.21. The summed E-state index contributed by atoms with van der Waals surface area (Å²) in [5, 5.41) is 0. The Labute approximate surface area is 131 Å². The molecule has 1 aromatic rings. The molecule has 0 aliphatic carbocycles. The minimum atomic E-state index is -3.20. The van der Waals surface area contributed by atoms with E-state index < -0.39 is 10.0 Å². The predicted molar refractivity (Wildman–Crippen MR) is 84.7 cm³/mol. The van der Waals surface area contributed by atoms with E-state index in [9.17, 15) is 13.2 Å². The number of amides is 1. The van der Waals surface area contributed by atoms with Crippen LogP contribution in [0.25, 0.3) is 0 Å². The first kappa shape index (κ1) is 16.8. The first-order valence-electron chi connectivity index (χ1n) is 7.22. The normalized spacial score (nSPS) is 17.1. The van der Waals surface area contributed by atoms with Crippen molar-refractivity contribution in [2.24, 2.45) is 0 Å². The second kappa shape index (κ2) is 6.66. The van der Waals surface area contributed by atoms with Gasteiger partial charge in [-0.2, -0.15) is 0 Å². The summed E-state index contributed by atoms with van der Waals surface area (Å²) in [5.41, 5.74) is 1.51. The lowest BCUT2D eigenvalue weighted by molar-refractivity contribution is 0.0764. The van der Waals surface area contributed by atoms with Crippen molar-refractivity contribution < 1.29 is 17.9 Å². The number of hydrogen-bond acceptors (Lipinski definition) is 4. The number of hydrogen-bond donors (Lipinski definition) is 0. The molecule has 1 fully saturated rings. The van der Waals surface area contributed by atoms with Crippen LogP contribution in [-0.4, -0.2) is 63.1 Å². The summed E-state index contributed by atoms with van der Waals surface area (Å²) in [5.74, 6) is 0.678. The Morgan fingerprint density at radius 3 is 2.50 bits per heavy atom. The third kappa shape index (κ3) is 3.78. The molecule has 1 heterocycles. The van der Waals surface area contributed by atoms with Crippen LogP contribution in [0.3, 0.4) is 0 Å². The highest BCUT2D eigenvalue weighted by Crippen LogP contribution is 2.20. The van der Waals surface area contributed by atoms with Gasteiger partial charge in [-0.1, -0.05) is 0 Å². The van der Waals surface area contributed by atoms with Gasteiger partial charge in [0.15, 0.2) is 0 Å². The number of ether oxygens (including phenoxy) is 1. The van der Waals surface area contributed by atoms with Crippen molar-refractivity contribution in [2.45, 2.75) is 13.3 Å². The number of benzene rings is 1. The first-order valence-corrected chi connectivity index (χ1v) is 9.07. The zero-order valence-corrected chi connectivity index (χ0v) is 14.0. The Kier molecular flexibility index (Phi) is 5.08. The molecule has 0 aromatic heterocycles. The average molecular weight is 326 g/mol. The van der Waals surface area contributed by atoms with Gasteiger partial charge in [-0.3, -0.25) is 4.79 Å². The lowest BCUT2D eigenvalue weighted by Crippen LogP contribution is -2.36. The summed E-state index contributed by atoms with van der Waals surface area (Å²) < 4.78 is 29.8. The van der Waals surface area contributed by atoms with Crippen molar-refractivity contribution in [1.29, 1.82) is 0 Å². The minimum Gasteiger partial charge on any atom is -0.496 e. The van der Waals surface area contributed by atoms with Gasteiger partial charge in [0.1, 0.15) is 5.75 Å². The standard InChI is InChI=1S/C15H22N2O4S/c1-12-11-13(5-6-14(12)21-2)15(18)16-7-4-8-17(10-9-16)22(3,19)20/h5-6,11H,4,7-10H2,1-3H3. The third-order valence-corrected chi connectivity index (χ3v) is 5.16. The summed E-state index contributed by atoms with van der Waals surface area (Å²) in [6, 6.07) is 5.33. The first-order chi connectivity index (χ1) is 10.3. The Morgan fingerprint density at radius 2 is 1.91 bits per heavy atom. The van der Waals surface area contributed by atoms with E-state index in [1.165, 1.54) is 10.6 Å². The van der Waals surface area contributed by atoms with Gasteiger partial charge >= 0.3 is 0 Å². The molecule has 1 aromatic carbocycles. The van der Waals surface area contributed by atoms with Crippen LogP contribution in [0.5, 0.6) is 5.75 Å². The van der Waals surface area contributed by atoms with Gasteiger partial charge in [-0.05, 0) is 37.1 Å². The SMILES string of the molecule is COc1ccc(C(=O)N2CCCN(S(C)(=O)=O)CC2)cc1C. The van der Waals surface area contributed by atoms with E-state index in [4.69, 9.17) is 4.74 Å². The zero-order chi connectivity index (χ0) is 16.3. The van der Waals surface area contributed by atoms with E-state index >= 15 is 0 Å². The van der Waals surface area contributed by atoms with Crippen LogP contribution in [0.4, 0.5) is 0 Å². The maximum absolute atomic E-state index is 12.6. The van der Waals surface area contributed by atoms with Crippen molar-refractivity contribution in [3.8, 4) is 5.75 Å². The molecular formula is C15H22N2O4S. The molecular weight excluding hydrogens is 304 g/mol. The molecule has 122 valence electrons. The van der Waals surface area contributed by atoms with Gasteiger partial charge in [-0.25, -0.2) is 12.7 Å². The van der Waals surface area contributed by atoms with E-state index in [0.717, 1.165) is 11.3 Å². The number of aryl methyl sites for hydroxylation is 1. The van der Waals surface area contributed by atoms with E-state index in [0.29, 0.717) is 38.2 Å².